The number of hydrogen-bond donors (Lipinski definition) is 3. The van der Waals surface area contributed by atoms with Gasteiger partial charge < -0.3 is 9.84 Å². The maximum absolute atomic E-state index is 12.1. The minimum atomic E-state index is -0.233. The number of imidazole rings is 1. The van der Waals surface area contributed by atoms with Crippen LogP contribution in [0.1, 0.15) is 19.4 Å². The van der Waals surface area contributed by atoms with E-state index in [0.29, 0.717) is 17.9 Å². The van der Waals surface area contributed by atoms with Gasteiger partial charge in [0.05, 0.1) is 25.1 Å². The SMILES string of the molecule is CCOc1cccc(C=NNC(=O)CSc2[nH]c3ccccc3[n+]2CC)c1O. The average molecular weight is 399 g/mol. The van der Waals surface area contributed by atoms with Crippen molar-refractivity contribution in [3.63, 3.8) is 0 Å². The van der Waals surface area contributed by atoms with E-state index in [9.17, 15) is 9.90 Å². The van der Waals surface area contributed by atoms with Gasteiger partial charge in [0.2, 0.25) is 0 Å². The van der Waals surface area contributed by atoms with Crippen molar-refractivity contribution in [3.05, 3.63) is 48.0 Å². The number of thioether (sulfide) groups is 1. The van der Waals surface area contributed by atoms with Gasteiger partial charge >= 0.3 is 5.16 Å². The zero-order valence-corrected chi connectivity index (χ0v) is 16.6. The molecule has 0 atom stereocenters. The number of phenols is 1. The Bertz CT molecular complexity index is 1000. The summed E-state index contributed by atoms with van der Waals surface area (Å²) in [6, 6.07) is 13.2. The van der Waals surface area contributed by atoms with E-state index in [1.54, 1.807) is 18.2 Å². The summed E-state index contributed by atoms with van der Waals surface area (Å²) in [7, 11) is 0. The van der Waals surface area contributed by atoms with E-state index >= 15 is 0 Å². The molecule has 7 nitrogen and oxygen atoms in total. The number of nitrogens with zero attached hydrogens (tertiary/aromatic N) is 2. The number of aromatic amines is 1. The fraction of sp³-hybridized carbons (Fsp3) is 0.250. The summed E-state index contributed by atoms with van der Waals surface area (Å²) in [6.45, 7) is 5.17. The third-order valence-corrected chi connectivity index (χ3v) is 5.06. The zero-order valence-electron chi connectivity index (χ0n) is 15.8. The Morgan fingerprint density at radius 1 is 1.29 bits per heavy atom. The van der Waals surface area contributed by atoms with Crippen LogP contribution in [0.4, 0.5) is 0 Å². The molecule has 1 heterocycles. The van der Waals surface area contributed by atoms with Crippen molar-refractivity contribution >= 4 is 34.9 Å². The highest BCUT2D eigenvalue weighted by Crippen LogP contribution is 2.28. The minimum Gasteiger partial charge on any atom is -0.504 e. The Morgan fingerprint density at radius 2 is 2.11 bits per heavy atom. The Hall–Kier alpha value is -3.00. The second-order valence-corrected chi connectivity index (χ2v) is 6.86. The van der Waals surface area contributed by atoms with Gasteiger partial charge in [-0.3, -0.25) is 4.79 Å². The number of carbonyl (C=O) groups is 1. The second kappa shape index (κ2) is 9.27. The number of para-hydroxylation sites is 3. The van der Waals surface area contributed by atoms with Gasteiger partial charge in [0, 0.05) is 5.56 Å². The lowest BCUT2D eigenvalue weighted by molar-refractivity contribution is -0.705. The lowest BCUT2D eigenvalue weighted by Crippen LogP contribution is -2.34. The molecule has 3 N–H and O–H groups in total. The summed E-state index contributed by atoms with van der Waals surface area (Å²) in [5, 5.41) is 15.0. The topological polar surface area (TPSA) is 90.6 Å². The molecule has 28 heavy (non-hydrogen) atoms. The molecule has 0 aliphatic rings. The molecule has 2 aromatic carbocycles. The number of carbonyl (C=O) groups excluding carboxylic acids is 1. The van der Waals surface area contributed by atoms with E-state index in [0.717, 1.165) is 22.7 Å². The molecule has 3 aromatic rings. The summed E-state index contributed by atoms with van der Waals surface area (Å²) in [5.41, 5.74) is 5.10. The number of benzene rings is 2. The largest absolute Gasteiger partial charge is 0.504 e. The predicted molar refractivity (Wildman–Crippen MR) is 110 cm³/mol. The summed E-state index contributed by atoms with van der Waals surface area (Å²) in [5.74, 6) is 0.368. The number of phenolic OH excluding ortho intramolecular Hbond substituents is 1. The van der Waals surface area contributed by atoms with Crippen LogP contribution in [0.15, 0.2) is 52.7 Å². The van der Waals surface area contributed by atoms with Crippen molar-refractivity contribution in [2.75, 3.05) is 12.4 Å². The monoisotopic (exact) mass is 399 g/mol. The zero-order chi connectivity index (χ0) is 19.9. The molecule has 0 fully saturated rings. The molecule has 0 aliphatic carbocycles. The molecule has 0 aliphatic heterocycles. The van der Waals surface area contributed by atoms with Gasteiger partial charge in [-0.05, 0) is 49.9 Å². The Morgan fingerprint density at radius 3 is 2.89 bits per heavy atom. The highest BCUT2D eigenvalue weighted by Gasteiger charge is 2.18. The van der Waals surface area contributed by atoms with Gasteiger partial charge in [-0.15, -0.1) is 0 Å². The van der Waals surface area contributed by atoms with Crippen LogP contribution in [0.5, 0.6) is 11.5 Å². The molecule has 1 amide bonds. The smallest absolute Gasteiger partial charge is 0.317 e. The number of hydrazone groups is 1. The number of ether oxygens (including phenoxy) is 1. The highest BCUT2D eigenvalue weighted by atomic mass is 32.2. The fourth-order valence-electron chi connectivity index (χ4n) is 2.79. The van der Waals surface area contributed by atoms with E-state index in [2.05, 4.69) is 27.0 Å². The van der Waals surface area contributed by atoms with Crippen LogP contribution >= 0.6 is 11.8 Å². The molecule has 0 radical (unpaired) electrons. The van der Waals surface area contributed by atoms with Gasteiger partial charge in [0.1, 0.15) is 0 Å². The van der Waals surface area contributed by atoms with Gasteiger partial charge in [0.15, 0.2) is 22.5 Å². The Balaban J connectivity index is 1.60. The van der Waals surface area contributed by atoms with E-state index < -0.39 is 0 Å². The van der Waals surface area contributed by atoms with Crippen molar-refractivity contribution in [3.8, 4) is 11.5 Å². The van der Waals surface area contributed by atoms with Crippen LogP contribution in [0.2, 0.25) is 0 Å². The lowest BCUT2D eigenvalue weighted by Gasteiger charge is -2.07. The Kier molecular flexibility index (Phi) is 6.54. The molecule has 0 saturated heterocycles. The fourth-order valence-corrected chi connectivity index (χ4v) is 3.69. The third kappa shape index (κ3) is 4.45. The van der Waals surface area contributed by atoms with Crippen LogP contribution in [0.3, 0.4) is 0 Å². The summed E-state index contributed by atoms with van der Waals surface area (Å²) < 4.78 is 7.46. The second-order valence-electron chi connectivity index (χ2n) is 5.90. The maximum Gasteiger partial charge on any atom is 0.317 e. The number of nitrogens with one attached hydrogen (secondary N) is 2. The van der Waals surface area contributed by atoms with Crippen molar-refractivity contribution in [1.29, 1.82) is 0 Å². The first-order chi connectivity index (χ1) is 13.6. The third-order valence-electron chi connectivity index (χ3n) is 4.06. The highest BCUT2D eigenvalue weighted by molar-refractivity contribution is 7.99. The number of fused-ring (bicyclic) bond motifs is 1. The van der Waals surface area contributed by atoms with Crippen LogP contribution in [-0.4, -0.2) is 34.6 Å². The minimum absolute atomic E-state index is 0.00112. The maximum atomic E-state index is 12.1. The van der Waals surface area contributed by atoms with E-state index in [1.165, 1.54) is 18.0 Å². The quantitative estimate of drug-likeness (QED) is 0.235. The summed E-state index contributed by atoms with van der Waals surface area (Å²) >= 11 is 1.42. The van der Waals surface area contributed by atoms with Crippen LogP contribution in [0, 0.1) is 0 Å². The van der Waals surface area contributed by atoms with Crippen molar-refractivity contribution < 1.29 is 19.2 Å². The number of aromatic hydroxyl groups is 1. The van der Waals surface area contributed by atoms with E-state index in [1.807, 2.05) is 31.2 Å². The summed E-state index contributed by atoms with van der Waals surface area (Å²) in [6.07, 6.45) is 1.40. The molecule has 1 aromatic heterocycles. The van der Waals surface area contributed by atoms with Crippen molar-refractivity contribution in [2.24, 2.45) is 5.10 Å². The molecule has 0 spiro atoms. The first kappa shape index (κ1) is 19.8. The van der Waals surface area contributed by atoms with Crippen LogP contribution in [-0.2, 0) is 11.3 Å². The summed E-state index contributed by atoms with van der Waals surface area (Å²) in [4.78, 5) is 15.5. The van der Waals surface area contributed by atoms with Gasteiger partial charge in [-0.1, -0.05) is 18.2 Å². The van der Waals surface area contributed by atoms with E-state index in [-0.39, 0.29) is 17.4 Å². The molecule has 146 valence electrons. The molecule has 3 rings (SSSR count). The lowest BCUT2D eigenvalue weighted by atomic mass is 10.2. The van der Waals surface area contributed by atoms with Crippen molar-refractivity contribution in [1.82, 2.24) is 10.4 Å². The average Bonchev–Trinajstić information content (AvgIpc) is 3.07. The molecule has 0 saturated carbocycles. The predicted octanol–water partition coefficient (Wildman–Crippen LogP) is 2.82. The standard InChI is InChI=1S/C20H22N4O3S/c1-3-24-16-10-6-5-9-15(16)22-20(24)28-13-18(25)23-21-12-14-8-7-11-17(19(14)26)27-4-2/h5-12H,3-4,13H2,1-2H3,(H2,21,23,25,26)/p+1. The molecular formula is C20H23N4O3S+. The molecule has 0 bridgehead atoms. The number of rotatable bonds is 8. The van der Waals surface area contributed by atoms with Gasteiger partial charge in [-0.25, -0.2) is 15.0 Å². The Labute approximate surface area is 167 Å². The number of aromatic nitrogens is 2. The first-order valence-electron chi connectivity index (χ1n) is 9.04. The molecule has 8 heteroatoms. The van der Waals surface area contributed by atoms with E-state index in [4.69, 9.17) is 4.74 Å². The molecule has 0 unspecified atom stereocenters. The first-order valence-corrected chi connectivity index (χ1v) is 10.0. The van der Waals surface area contributed by atoms with Crippen LogP contribution in [0.25, 0.3) is 11.0 Å². The van der Waals surface area contributed by atoms with Gasteiger partial charge in [0.25, 0.3) is 5.91 Å². The van der Waals surface area contributed by atoms with Crippen LogP contribution < -0.4 is 14.7 Å². The van der Waals surface area contributed by atoms with Crippen molar-refractivity contribution in [2.45, 2.75) is 25.5 Å². The number of H-pyrrole nitrogens is 1. The normalized spacial score (nSPS) is 11.2. The molecular weight excluding hydrogens is 376 g/mol. The number of amides is 1. The van der Waals surface area contributed by atoms with Gasteiger partial charge in [-0.2, -0.15) is 5.10 Å². The number of aryl methyl sites for hydroxylation is 1. The number of hydrogen-bond acceptors (Lipinski definition) is 5.